The molecule has 1 aliphatic rings. The van der Waals surface area contributed by atoms with Crippen molar-refractivity contribution in [3.63, 3.8) is 0 Å². The first-order chi connectivity index (χ1) is 11.3. The molecular weight excluding hydrogens is 348 g/mol. The predicted octanol–water partition coefficient (Wildman–Crippen LogP) is 1.31. The van der Waals surface area contributed by atoms with E-state index in [-0.39, 0.29) is 17.3 Å². The molecule has 1 aromatic rings. The highest BCUT2D eigenvalue weighted by Crippen LogP contribution is 2.21. The molecule has 1 atom stereocenters. The third-order valence-corrected chi connectivity index (χ3v) is 6.73. The molecule has 1 saturated heterocycles. The summed E-state index contributed by atoms with van der Waals surface area (Å²) < 4.78 is 26.3. The Morgan fingerprint density at radius 3 is 2.42 bits per heavy atom. The van der Waals surface area contributed by atoms with E-state index in [9.17, 15) is 18.3 Å². The second kappa shape index (κ2) is 7.86. The van der Waals surface area contributed by atoms with Gasteiger partial charge in [0.15, 0.2) is 0 Å². The summed E-state index contributed by atoms with van der Waals surface area (Å²) >= 11 is 1.50. The van der Waals surface area contributed by atoms with Crippen LogP contribution in [0.15, 0.2) is 29.2 Å². The van der Waals surface area contributed by atoms with Gasteiger partial charge in [-0.25, -0.2) is 8.42 Å². The fourth-order valence-corrected chi connectivity index (χ4v) is 4.83. The summed E-state index contributed by atoms with van der Waals surface area (Å²) in [7, 11) is -3.47. The minimum Gasteiger partial charge on any atom is -0.387 e. The Hall–Kier alpha value is -1.09. The number of amides is 1. The van der Waals surface area contributed by atoms with Crippen molar-refractivity contribution >= 4 is 27.7 Å². The van der Waals surface area contributed by atoms with Gasteiger partial charge in [-0.15, -0.1) is 0 Å². The monoisotopic (exact) mass is 372 g/mol. The summed E-state index contributed by atoms with van der Waals surface area (Å²) in [6.45, 7) is 2.90. The lowest BCUT2D eigenvalue weighted by Crippen LogP contribution is -2.42. The molecule has 1 fully saturated rings. The van der Waals surface area contributed by atoms with Crippen molar-refractivity contribution in [3.8, 4) is 0 Å². The van der Waals surface area contributed by atoms with Gasteiger partial charge in [0.2, 0.25) is 10.0 Å². The molecule has 0 spiro atoms. The normalized spacial score (nSPS) is 18.3. The van der Waals surface area contributed by atoms with Crippen molar-refractivity contribution in [3.05, 3.63) is 29.8 Å². The van der Waals surface area contributed by atoms with Crippen molar-refractivity contribution in [1.29, 1.82) is 0 Å². The molecule has 0 saturated carbocycles. The van der Waals surface area contributed by atoms with Gasteiger partial charge >= 0.3 is 0 Å². The minimum atomic E-state index is -3.47. The van der Waals surface area contributed by atoms with E-state index in [0.717, 1.165) is 12.8 Å². The van der Waals surface area contributed by atoms with E-state index >= 15 is 0 Å². The Bertz CT molecular complexity index is 666. The smallest absolute Gasteiger partial charge is 0.251 e. The zero-order chi connectivity index (χ0) is 17.8. The molecule has 0 aliphatic carbocycles. The Balaban J connectivity index is 2.02. The second-order valence-electron chi connectivity index (χ2n) is 6.25. The molecule has 0 radical (unpaired) electrons. The quantitative estimate of drug-likeness (QED) is 0.754. The third-order valence-electron chi connectivity index (χ3n) is 3.90. The van der Waals surface area contributed by atoms with Gasteiger partial charge in [0.1, 0.15) is 0 Å². The average Bonchev–Trinajstić information content (AvgIpc) is 3.08. The third kappa shape index (κ3) is 4.72. The molecule has 2 rings (SSSR count). The van der Waals surface area contributed by atoms with Crippen LogP contribution in [0.25, 0.3) is 0 Å². The summed E-state index contributed by atoms with van der Waals surface area (Å²) in [5, 5.41) is 12.7. The maximum atomic E-state index is 12.4. The van der Waals surface area contributed by atoms with Crippen molar-refractivity contribution in [2.24, 2.45) is 0 Å². The maximum absolute atomic E-state index is 12.4. The molecule has 0 bridgehead atoms. The molecule has 0 aromatic heterocycles. The van der Waals surface area contributed by atoms with Gasteiger partial charge in [0.05, 0.1) is 10.5 Å². The number of thioether (sulfide) groups is 1. The number of hydrogen-bond donors (Lipinski definition) is 2. The molecule has 0 unspecified atom stereocenters. The molecule has 6 nitrogen and oxygen atoms in total. The molecular formula is C16H24N2O4S2. The van der Waals surface area contributed by atoms with E-state index < -0.39 is 15.6 Å². The summed E-state index contributed by atoms with van der Waals surface area (Å²) in [6, 6.07) is 5.92. The predicted molar refractivity (Wildman–Crippen MR) is 95.8 cm³/mol. The van der Waals surface area contributed by atoms with Crippen LogP contribution in [0.1, 0.15) is 30.1 Å². The number of carbonyl (C=O) groups is 1. The highest BCUT2D eigenvalue weighted by atomic mass is 32.2. The molecule has 1 aromatic carbocycles. The van der Waals surface area contributed by atoms with Gasteiger partial charge in [0, 0.05) is 31.0 Å². The number of nitrogens with one attached hydrogen (secondary N) is 1. The Morgan fingerprint density at radius 2 is 1.88 bits per heavy atom. The van der Waals surface area contributed by atoms with E-state index in [0.29, 0.717) is 24.4 Å². The first-order valence-electron chi connectivity index (χ1n) is 7.86. The number of rotatable bonds is 7. The van der Waals surface area contributed by atoms with Crippen molar-refractivity contribution in [2.45, 2.75) is 30.3 Å². The summed E-state index contributed by atoms with van der Waals surface area (Å²) in [5.74, 6) is 0.182. The van der Waals surface area contributed by atoms with Crippen LogP contribution < -0.4 is 5.32 Å². The van der Waals surface area contributed by atoms with Crippen LogP contribution in [0.3, 0.4) is 0 Å². The summed E-state index contributed by atoms with van der Waals surface area (Å²) in [5.41, 5.74) is -0.607. The van der Waals surface area contributed by atoms with Gasteiger partial charge in [-0.1, -0.05) is 0 Å². The molecule has 1 aliphatic heterocycles. The van der Waals surface area contributed by atoms with Crippen LogP contribution in [-0.4, -0.2) is 61.0 Å². The van der Waals surface area contributed by atoms with Crippen molar-refractivity contribution in [1.82, 2.24) is 9.62 Å². The van der Waals surface area contributed by atoms with Crippen molar-refractivity contribution < 1.29 is 18.3 Å². The molecule has 24 heavy (non-hydrogen) atoms. The molecule has 1 heterocycles. The highest BCUT2D eigenvalue weighted by molar-refractivity contribution is 7.98. The minimum absolute atomic E-state index is 0.139. The standard InChI is InChI=1S/C16H24N2O4S2/c1-16(20,12-23-2)11-17-15(19)13-5-7-14(8-6-13)24(21,22)18-9-3-4-10-18/h5-8,20H,3-4,9-12H2,1-2H3,(H,17,19)/t16-/m0/s1. The van der Waals surface area contributed by atoms with Crippen LogP contribution in [0.4, 0.5) is 0 Å². The maximum Gasteiger partial charge on any atom is 0.251 e. The van der Waals surface area contributed by atoms with Gasteiger partial charge in [-0.3, -0.25) is 4.79 Å². The van der Waals surface area contributed by atoms with E-state index in [1.165, 1.54) is 40.3 Å². The highest BCUT2D eigenvalue weighted by Gasteiger charge is 2.27. The number of carbonyl (C=O) groups excluding carboxylic acids is 1. The largest absolute Gasteiger partial charge is 0.387 e. The van der Waals surface area contributed by atoms with Crippen LogP contribution in [0.2, 0.25) is 0 Å². The molecule has 134 valence electrons. The number of benzene rings is 1. The van der Waals surface area contributed by atoms with E-state index in [4.69, 9.17) is 0 Å². The number of hydrogen-bond acceptors (Lipinski definition) is 5. The topological polar surface area (TPSA) is 86.7 Å². The zero-order valence-electron chi connectivity index (χ0n) is 14.0. The Labute approximate surface area is 147 Å². The SMILES string of the molecule is CSC[C@@](C)(O)CNC(=O)c1ccc(S(=O)(=O)N2CCCC2)cc1. The number of aliphatic hydroxyl groups is 1. The number of nitrogens with zero attached hydrogens (tertiary/aromatic N) is 1. The molecule has 8 heteroatoms. The van der Waals surface area contributed by atoms with E-state index in [2.05, 4.69) is 5.32 Å². The van der Waals surface area contributed by atoms with Crippen LogP contribution in [-0.2, 0) is 10.0 Å². The van der Waals surface area contributed by atoms with Gasteiger partial charge in [-0.2, -0.15) is 16.1 Å². The van der Waals surface area contributed by atoms with Crippen LogP contribution >= 0.6 is 11.8 Å². The lowest BCUT2D eigenvalue weighted by molar-refractivity contribution is 0.0725. The molecule has 1 amide bonds. The Kier molecular flexibility index (Phi) is 6.30. The van der Waals surface area contributed by atoms with E-state index in [1.54, 1.807) is 6.92 Å². The average molecular weight is 373 g/mol. The second-order valence-corrected chi connectivity index (χ2v) is 9.05. The first kappa shape index (κ1) is 19.2. The zero-order valence-corrected chi connectivity index (χ0v) is 15.6. The van der Waals surface area contributed by atoms with Gasteiger partial charge in [0.25, 0.3) is 5.91 Å². The molecule has 2 N–H and O–H groups in total. The lowest BCUT2D eigenvalue weighted by Gasteiger charge is -2.22. The first-order valence-corrected chi connectivity index (χ1v) is 10.7. The Morgan fingerprint density at radius 1 is 1.29 bits per heavy atom. The fraction of sp³-hybridized carbons (Fsp3) is 0.562. The van der Waals surface area contributed by atoms with Crippen LogP contribution in [0.5, 0.6) is 0 Å². The van der Waals surface area contributed by atoms with Gasteiger partial charge in [-0.05, 0) is 50.3 Å². The number of sulfonamides is 1. The van der Waals surface area contributed by atoms with Gasteiger partial charge < -0.3 is 10.4 Å². The fourth-order valence-electron chi connectivity index (χ4n) is 2.59. The van der Waals surface area contributed by atoms with E-state index in [1.807, 2.05) is 6.26 Å². The van der Waals surface area contributed by atoms with Crippen LogP contribution in [0, 0.1) is 0 Å². The summed E-state index contributed by atoms with van der Waals surface area (Å²) in [4.78, 5) is 12.3. The van der Waals surface area contributed by atoms with Crippen molar-refractivity contribution in [2.75, 3.05) is 31.6 Å². The summed E-state index contributed by atoms with van der Waals surface area (Å²) in [6.07, 6.45) is 3.65. The lowest BCUT2D eigenvalue weighted by atomic mass is 10.1.